The summed E-state index contributed by atoms with van der Waals surface area (Å²) < 4.78 is 4.97. The highest BCUT2D eigenvalue weighted by atomic mass is 16.5. The summed E-state index contributed by atoms with van der Waals surface area (Å²) in [6, 6.07) is 0. The highest BCUT2D eigenvalue weighted by Crippen LogP contribution is 2.19. The van der Waals surface area contributed by atoms with Gasteiger partial charge in [-0.05, 0) is 58.5 Å². The Balaban J connectivity index is 4.25. The van der Waals surface area contributed by atoms with E-state index in [-0.39, 0.29) is 5.97 Å². The molecular formula is C21H37NO2. The van der Waals surface area contributed by atoms with Gasteiger partial charge in [-0.15, -0.1) is 6.58 Å². The van der Waals surface area contributed by atoms with Gasteiger partial charge in [-0.2, -0.15) is 0 Å². The van der Waals surface area contributed by atoms with Gasteiger partial charge in [0.2, 0.25) is 0 Å². The molecule has 0 aromatic carbocycles. The number of ether oxygens (including phenoxy) is 1. The van der Waals surface area contributed by atoms with E-state index < -0.39 is 0 Å². The highest BCUT2D eigenvalue weighted by molar-refractivity contribution is 5.71. The van der Waals surface area contributed by atoms with Crippen LogP contribution >= 0.6 is 0 Å². The number of rotatable bonds is 13. The van der Waals surface area contributed by atoms with Gasteiger partial charge in [-0.25, -0.2) is 0 Å². The summed E-state index contributed by atoms with van der Waals surface area (Å²) >= 11 is 0. The Morgan fingerprint density at radius 2 is 2.00 bits per heavy atom. The average molecular weight is 336 g/mol. The molecule has 0 heterocycles. The number of allylic oxidation sites excluding steroid dienone is 3. The third kappa shape index (κ3) is 10.4. The summed E-state index contributed by atoms with van der Waals surface area (Å²) in [5.41, 5.74) is 1.33. The summed E-state index contributed by atoms with van der Waals surface area (Å²) in [6.45, 7) is 14.8. The van der Waals surface area contributed by atoms with Crippen molar-refractivity contribution >= 4 is 5.97 Å². The monoisotopic (exact) mass is 335 g/mol. The molecule has 2 atom stereocenters. The van der Waals surface area contributed by atoms with Gasteiger partial charge in [0.15, 0.2) is 0 Å². The van der Waals surface area contributed by atoms with Crippen molar-refractivity contribution in [1.82, 2.24) is 4.90 Å². The third-order valence-electron chi connectivity index (χ3n) is 4.45. The van der Waals surface area contributed by atoms with Gasteiger partial charge >= 0.3 is 5.97 Å². The maximum Gasteiger partial charge on any atom is 0.309 e. The standard InChI is InChI=1S/C21H37NO2/c1-7-11-18(5)20(9-3)15-17-22(6)16-14-19(8-2)12-13-21(23)24-10-4/h7,9,11-12,18,20H,3,8,10,13-17H2,1-2,4-6H3/b11-7-,19-12+. The molecule has 0 fully saturated rings. The zero-order valence-electron chi connectivity index (χ0n) is 16.4. The highest BCUT2D eigenvalue weighted by Gasteiger charge is 2.12. The maximum atomic E-state index is 11.4. The fourth-order valence-electron chi connectivity index (χ4n) is 2.73. The number of carbonyl (C=O) groups excluding carboxylic acids is 1. The van der Waals surface area contributed by atoms with Crippen LogP contribution in [0.3, 0.4) is 0 Å². The van der Waals surface area contributed by atoms with Crippen LogP contribution in [-0.4, -0.2) is 37.6 Å². The van der Waals surface area contributed by atoms with Gasteiger partial charge < -0.3 is 9.64 Å². The van der Waals surface area contributed by atoms with Crippen LogP contribution in [0.2, 0.25) is 0 Å². The van der Waals surface area contributed by atoms with Gasteiger partial charge in [-0.1, -0.05) is 43.7 Å². The van der Waals surface area contributed by atoms with Gasteiger partial charge in [-0.3, -0.25) is 4.79 Å². The van der Waals surface area contributed by atoms with Crippen molar-refractivity contribution in [1.29, 1.82) is 0 Å². The maximum absolute atomic E-state index is 11.4. The summed E-state index contributed by atoms with van der Waals surface area (Å²) in [6.07, 6.45) is 12.0. The lowest BCUT2D eigenvalue weighted by Gasteiger charge is -2.22. The van der Waals surface area contributed by atoms with Gasteiger partial charge in [0.25, 0.3) is 0 Å². The molecule has 3 heteroatoms. The fourth-order valence-corrected chi connectivity index (χ4v) is 2.73. The van der Waals surface area contributed by atoms with E-state index in [9.17, 15) is 4.79 Å². The molecule has 0 bridgehead atoms. The summed E-state index contributed by atoms with van der Waals surface area (Å²) in [7, 11) is 2.17. The molecule has 0 saturated carbocycles. The quantitative estimate of drug-likeness (QED) is 0.350. The van der Waals surface area contributed by atoms with Crippen LogP contribution in [0.1, 0.15) is 53.4 Å². The zero-order valence-corrected chi connectivity index (χ0v) is 16.4. The molecule has 0 aromatic rings. The first-order valence-electron chi connectivity index (χ1n) is 9.25. The molecule has 0 spiro atoms. The molecular weight excluding hydrogens is 298 g/mol. The largest absolute Gasteiger partial charge is 0.466 e. The minimum Gasteiger partial charge on any atom is -0.466 e. The Morgan fingerprint density at radius 1 is 1.29 bits per heavy atom. The van der Waals surface area contributed by atoms with Crippen LogP contribution in [0.5, 0.6) is 0 Å². The second kappa shape index (κ2) is 14.0. The van der Waals surface area contributed by atoms with Crippen LogP contribution in [0.4, 0.5) is 0 Å². The van der Waals surface area contributed by atoms with E-state index in [0.717, 1.165) is 32.4 Å². The van der Waals surface area contributed by atoms with Gasteiger partial charge in [0.1, 0.15) is 0 Å². The fraction of sp³-hybridized carbons (Fsp3) is 0.667. The van der Waals surface area contributed by atoms with Gasteiger partial charge in [0, 0.05) is 6.54 Å². The van der Waals surface area contributed by atoms with Gasteiger partial charge in [0.05, 0.1) is 13.0 Å². The number of esters is 1. The first kappa shape index (κ1) is 22.6. The Hall–Kier alpha value is -1.35. The van der Waals surface area contributed by atoms with Crippen molar-refractivity contribution in [2.45, 2.75) is 53.4 Å². The number of hydrogen-bond donors (Lipinski definition) is 0. The topological polar surface area (TPSA) is 29.5 Å². The van der Waals surface area contributed by atoms with E-state index in [1.807, 2.05) is 13.0 Å². The van der Waals surface area contributed by atoms with Crippen LogP contribution in [0.15, 0.2) is 36.5 Å². The lowest BCUT2D eigenvalue weighted by atomic mass is 9.90. The predicted molar refractivity (Wildman–Crippen MR) is 104 cm³/mol. The molecule has 0 aliphatic heterocycles. The van der Waals surface area contributed by atoms with Crippen LogP contribution in [0, 0.1) is 11.8 Å². The third-order valence-corrected chi connectivity index (χ3v) is 4.45. The first-order chi connectivity index (χ1) is 11.5. The smallest absolute Gasteiger partial charge is 0.309 e. The van der Waals surface area contributed by atoms with E-state index in [1.165, 1.54) is 5.57 Å². The molecule has 138 valence electrons. The molecule has 24 heavy (non-hydrogen) atoms. The van der Waals surface area contributed by atoms with Crippen molar-refractivity contribution < 1.29 is 9.53 Å². The van der Waals surface area contributed by atoms with E-state index in [1.54, 1.807) is 0 Å². The van der Waals surface area contributed by atoms with Crippen LogP contribution in [-0.2, 0) is 9.53 Å². The summed E-state index contributed by atoms with van der Waals surface area (Å²) in [4.78, 5) is 13.8. The molecule has 0 radical (unpaired) electrons. The first-order valence-corrected chi connectivity index (χ1v) is 9.25. The van der Waals surface area contributed by atoms with E-state index in [4.69, 9.17) is 4.74 Å². The molecule has 0 aromatic heterocycles. The molecule has 2 unspecified atom stereocenters. The zero-order chi connectivity index (χ0) is 18.4. The van der Waals surface area contributed by atoms with Crippen molar-refractivity contribution in [2.75, 3.05) is 26.7 Å². The van der Waals surface area contributed by atoms with Crippen molar-refractivity contribution in [3.8, 4) is 0 Å². The molecule has 3 nitrogen and oxygen atoms in total. The number of nitrogens with zero attached hydrogens (tertiary/aromatic N) is 1. The van der Waals surface area contributed by atoms with Crippen LogP contribution < -0.4 is 0 Å². The lowest BCUT2D eigenvalue weighted by Crippen LogP contribution is -2.24. The molecule has 0 rings (SSSR count). The molecule has 0 amide bonds. The van der Waals surface area contributed by atoms with Crippen molar-refractivity contribution in [3.63, 3.8) is 0 Å². The normalized spacial score (nSPS) is 14.8. The second-order valence-corrected chi connectivity index (χ2v) is 6.35. The second-order valence-electron chi connectivity index (χ2n) is 6.35. The Kier molecular flexibility index (Phi) is 13.2. The lowest BCUT2D eigenvalue weighted by molar-refractivity contribution is -0.142. The SMILES string of the molecule is C=CC(CCN(C)CC/C(=C/CC(=O)OCC)CC)C(C)/C=C\C. The Bertz CT molecular complexity index is 412. The predicted octanol–water partition coefficient (Wildman–Crippen LogP) is 5.00. The molecule has 0 aliphatic carbocycles. The van der Waals surface area contributed by atoms with Crippen LogP contribution in [0.25, 0.3) is 0 Å². The van der Waals surface area contributed by atoms with Crippen molar-refractivity contribution in [3.05, 3.63) is 36.5 Å². The Labute approximate surface area is 149 Å². The van der Waals surface area contributed by atoms with E-state index in [2.05, 4.69) is 57.5 Å². The summed E-state index contributed by atoms with van der Waals surface area (Å²) in [5, 5.41) is 0. The minimum atomic E-state index is -0.136. The number of carbonyl (C=O) groups is 1. The van der Waals surface area contributed by atoms with E-state index >= 15 is 0 Å². The summed E-state index contributed by atoms with van der Waals surface area (Å²) in [5.74, 6) is 0.925. The number of hydrogen-bond acceptors (Lipinski definition) is 3. The van der Waals surface area contributed by atoms with Crippen molar-refractivity contribution in [2.24, 2.45) is 11.8 Å². The minimum absolute atomic E-state index is 0.136. The Morgan fingerprint density at radius 3 is 2.54 bits per heavy atom. The molecule has 0 saturated heterocycles. The molecule has 0 N–H and O–H groups in total. The van der Waals surface area contributed by atoms with E-state index in [0.29, 0.717) is 24.9 Å². The average Bonchev–Trinajstić information content (AvgIpc) is 2.56. The molecule has 0 aliphatic rings.